The lowest BCUT2D eigenvalue weighted by Gasteiger charge is -2.16. The Morgan fingerprint density at radius 1 is 1.00 bits per heavy atom. The van der Waals surface area contributed by atoms with E-state index >= 15 is 0 Å². The Kier molecular flexibility index (Phi) is 12.0. The summed E-state index contributed by atoms with van der Waals surface area (Å²) in [7, 11) is 0. The highest BCUT2D eigenvalue weighted by molar-refractivity contribution is 8.00. The summed E-state index contributed by atoms with van der Waals surface area (Å²) in [5.74, 6) is 1.37. The van der Waals surface area contributed by atoms with Crippen molar-refractivity contribution in [1.29, 1.82) is 0 Å². The van der Waals surface area contributed by atoms with Crippen molar-refractivity contribution >= 4 is 23.6 Å². The smallest absolute Gasteiger partial charge is 0.315 e. The van der Waals surface area contributed by atoms with Gasteiger partial charge in [0.2, 0.25) is 0 Å². The maximum atomic E-state index is 11.8. The van der Waals surface area contributed by atoms with Crippen LogP contribution in [0.25, 0.3) is 0 Å². The average Bonchev–Trinajstić information content (AvgIpc) is 3.22. The summed E-state index contributed by atoms with van der Waals surface area (Å²) in [6.45, 7) is 2.05. The van der Waals surface area contributed by atoms with Crippen LogP contribution in [-0.2, 0) is 4.79 Å². The van der Waals surface area contributed by atoms with E-state index in [4.69, 9.17) is 10.2 Å². The summed E-state index contributed by atoms with van der Waals surface area (Å²) in [5.41, 5.74) is 0. The van der Waals surface area contributed by atoms with Crippen molar-refractivity contribution in [1.82, 2.24) is 16.0 Å². The molecule has 0 saturated carbocycles. The van der Waals surface area contributed by atoms with E-state index in [1.807, 2.05) is 11.8 Å². The fourth-order valence-electron chi connectivity index (χ4n) is 4.06. The predicted octanol–water partition coefficient (Wildman–Crippen LogP) is 2.30. The molecular weight excluding hydrogens is 390 g/mol. The lowest BCUT2D eigenvalue weighted by atomic mass is 10.0. The highest BCUT2D eigenvalue weighted by Gasteiger charge is 2.42. The van der Waals surface area contributed by atoms with E-state index in [1.54, 1.807) is 0 Å². The highest BCUT2D eigenvalue weighted by Crippen LogP contribution is 2.32. The van der Waals surface area contributed by atoms with E-state index in [9.17, 15) is 9.59 Å². The fourth-order valence-corrected chi connectivity index (χ4v) is 5.61. The van der Waals surface area contributed by atoms with E-state index in [1.165, 1.54) is 12.8 Å². The molecule has 2 amide bonds. The minimum atomic E-state index is -1.22. The molecule has 29 heavy (non-hydrogen) atoms. The second kappa shape index (κ2) is 14.2. The Bertz CT molecular complexity index is 493. The van der Waals surface area contributed by atoms with Crippen LogP contribution < -0.4 is 16.0 Å². The van der Waals surface area contributed by atoms with E-state index in [0.717, 1.165) is 63.8 Å². The molecule has 0 aromatic heterocycles. The highest BCUT2D eigenvalue weighted by atomic mass is 32.2. The zero-order valence-corrected chi connectivity index (χ0v) is 18.4. The Hall–Kier alpha value is -0.830. The van der Waals surface area contributed by atoms with Crippen molar-refractivity contribution in [3.05, 3.63) is 0 Å². The minimum absolute atomic E-state index is 0.00699. The number of amides is 2. The van der Waals surface area contributed by atoms with Crippen LogP contribution in [0.5, 0.6) is 0 Å². The number of nitrogens with one attached hydrogen (secondary N) is 3. The number of fused-ring (bicyclic) bond motifs is 1. The number of thioether (sulfide) groups is 1. The van der Waals surface area contributed by atoms with Crippen molar-refractivity contribution < 1.29 is 19.8 Å². The molecule has 2 aliphatic rings. The number of Topliss-reactive ketones (excluding diaryl/α,β-unsaturated/α-hetero) is 1. The first-order valence-corrected chi connectivity index (χ1v) is 12.4. The summed E-state index contributed by atoms with van der Waals surface area (Å²) in [6.07, 6.45) is 9.69. The second-order valence-electron chi connectivity index (χ2n) is 8.30. The monoisotopic (exact) mass is 429 g/mol. The van der Waals surface area contributed by atoms with Gasteiger partial charge in [-0.3, -0.25) is 4.79 Å². The number of rotatable bonds is 17. The van der Waals surface area contributed by atoms with Crippen LogP contribution in [0.4, 0.5) is 4.79 Å². The van der Waals surface area contributed by atoms with Crippen LogP contribution in [0.15, 0.2) is 0 Å². The molecule has 2 aliphatic heterocycles. The lowest BCUT2D eigenvalue weighted by Crippen LogP contribution is -2.36. The molecule has 2 heterocycles. The molecule has 2 rings (SSSR count). The van der Waals surface area contributed by atoms with Gasteiger partial charge >= 0.3 is 6.03 Å². The van der Waals surface area contributed by atoms with Gasteiger partial charge in [-0.2, -0.15) is 11.8 Å². The van der Waals surface area contributed by atoms with Gasteiger partial charge in [0.05, 0.1) is 12.1 Å². The summed E-state index contributed by atoms with van der Waals surface area (Å²) < 4.78 is 0. The molecule has 0 spiro atoms. The quantitative estimate of drug-likeness (QED) is 0.138. The van der Waals surface area contributed by atoms with Crippen LogP contribution in [0.1, 0.15) is 77.0 Å². The molecule has 0 bridgehead atoms. The van der Waals surface area contributed by atoms with Crippen LogP contribution in [0, 0.1) is 0 Å². The largest absolute Gasteiger partial charge is 0.368 e. The molecule has 8 heteroatoms. The SMILES string of the molecule is O=C(CCCCCNCCCCC1SCC2NC(=O)NC21)CCCCCC(O)O. The van der Waals surface area contributed by atoms with Crippen LogP contribution in [0.2, 0.25) is 0 Å². The summed E-state index contributed by atoms with van der Waals surface area (Å²) >= 11 is 1.98. The van der Waals surface area contributed by atoms with Crippen molar-refractivity contribution in [3.8, 4) is 0 Å². The standard InChI is InChI=1S/C21H39N3O4S/c25-16(9-3-1-5-12-19(26)27)10-4-2-7-13-22-14-8-6-11-18-20-17(15-29-18)23-21(28)24-20/h17-20,22,26-27H,1-15H2,(H2,23,24,28). The third-order valence-corrected chi connectivity index (χ3v) is 7.27. The molecule has 5 N–H and O–H groups in total. The zero-order chi connectivity index (χ0) is 20.9. The lowest BCUT2D eigenvalue weighted by molar-refractivity contribution is -0.119. The molecule has 168 valence electrons. The van der Waals surface area contributed by atoms with Gasteiger partial charge in [-0.15, -0.1) is 0 Å². The van der Waals surface area contributed by atoms with E-state index in [0.29, 0.717) is 42.4 Å². The van der Waals surface area contributed by atoms with Crippen molar-refractivity contribution in [2.24, 2.45) is 0 Å². The van der Waals surface area contributed by atoms with Crippen molar-refractivity contribution in [2.75, 3.05) is 18.8 Å². The van der Waals surface area contributed by atoms with Crippen LogP contribution >= 0.6 is 11.8 Å². The first-order chi connectivity index (χ1) is 14.1. The zero-order valence-electron chi connectivity index (χ0n) is 17.5. The normalized spacial score (nSPS) is 23.3. The average molecular weight is 430 g/mol. The van der Waals surface area contributed by atoms with Crippen molar-refractivity contribution in [2.45, 2.75) is 101 Å². The Balaban J connectivity index is 1.31. The molecule has 2 fully saturated rings. The number of hydrogen-bond acceptors (Lipinski definition) is 6. The number of aliphatic hydroxyl groups is 2. The molecule has 3 atom stereocenters. The van der Waals surface area contributed by atoms with Gasteiger partial charge in [-0.25, -0.2) is 4.79 Å². The molecule has 2 saturated heterocycles. The number of ketones is 1. The van der Waals surface area contributed by atoms with Gasteiger partial charge in [-0.1, -0.05) is 19.3 Å². The number of aliphatic hydroxyl groups excluding tert-OH is 1. The maximum Gasteiger partial charge on any atom is 0.315 e. The maximum absolute atomic E-state index is 11.8. The van der Waals surface area contributed by atoms with E-state index < -0.39 is 6.29 Å². The van der Waals surface area contributed by atoms with Gasteiger partial charge in [-0.05, 0) is 58.0 Å². The van der Waals surface area contributed by atoms with Crippen LogP contribution in [-0.4, -0.2) is 64.5 Å². The third-order valence-electron chi connectivity index (χ3n) is 5.76. The number of carbonyl (C=O) groups excluding carboxylic acids is 2. The van der Waals surface area contributed by atoms with Crippen LogP contribution in [0.3, 0.4) is 0 Å². The molecule has 0 aliphatic carbocycles. The molecule has 3 unspecified atom stereocenters. The molecule has 7 nitrogen and oxygen atoms in total. The number of hydrogen-bond donors (Lipinski definition) is 5. The summed E-state index contributed by atoms with van der Waals surface area (Å²) in [4.78, 5) is 23.2. The fraction of sp³-hybridized carbons (Fsp3) is 0.905. The second-order valence-corrected chi connectivity index (χ2v) is 9.57. The number of urea groups is 1. The molecule has 0 aromatic rings. The Morgan fingerprint density at radius 2 is 1.69 bits per heavy atom. The Labute approximate surface area is 179 Å². The first kappa shape index (κ1) is 24.4. The third kappa shape index (κ3) is 10.2. The Morgan fingerprint density at radius 3 is 2.41 bits per heavy atom. The molecular formula is C21H39N3O4S. The van der Waals surface area contributed by atoms with Gasteiger partial charge < -0.3 is 26.2 Å². The minimum Gasteiger partial charge on any atom is -0.368 e. The van der Waals surface area contributed by atoms with Gasteiger partial charge in [0.15, 0.2) is 6.29 Å². The first-order valence-electron chi connectivity index (χ1n) is 11.3. The number of carbonyl (C=O) groups is 2. The van der Waals surface area contributed by atoms with Gasteiger partial charge in [0, 0.05) is 23.8 Å². The topological polar surface area (TPSA) is 111 Å². The molecule has 0 aromatic carbocycles. The van der Waals surface area contributed by atoms with Gasteiger partial charge in [0.25, 0.3) is 0 Å². The van der Waals surface area contributed by atoms with Crippen molar-refractivity contribution in [3.63, 3.8) is 0 Å². The predicted molar refractivity (Wildman–Crippen MR) is 117 cm³/mol. The van der Waals surface area contributed by atoms with Gasteiger partial charge in [0.1, 0.15) is 5.78 Å². The number of unbranched alkanes of at least 4 members (excludes halogenated alkanes) is 5. The van der Waals surface area contributed by atoms with E-state index in [2.05, 4.69) is 16.0 Å². The molecule has 0 radical (unpaired) electrons. The summed E-state index contributed by atoms with van der Waals surface area (Å²) in [6, 6.07) is 0.631. The van der Waals surface area contributed by atoms with E-state index in [-0.39, 0.29) is 6.03 Å². The summed E-state index contributed by atoms with van der Waals surface area (Å²) in [5, 5.41) is 27.6.